The Morgan fingerprint density at radius 3 is 2.65 bits per heavy atom. The minimum atomic E-state index is -4.33. The Morgan fingerprint density at radius 1 is 1.35 bits per heavy atom. The van der Waals surface area contributed by atoms with Crippen LogP contribution in [-0.4, -0.2) is 49.3 Å². The summed E-state index contributed by atoms with van der Waals surface area (Å²) in [5, 5.41) is 2.93. The van der Waals surface area contributed by atoms with E-state index in [-0.39, 0.29) is 18.6 Å². The first-order valence-electron chi connectivity index (χ1n) is 9.00. The molecule has 1 N–H and O–H groups in total. The van der Waals surface area contributed by atoms with Crippen LogP contribution in [0.3, 0.4) is 0 Å². The molecule has 146 valence electrons. The van der Waals surface area contributed by atoms with E-state index in [1.54, 1.807) is 24.3 Å². The number of ether oxygens (including phenoxy) is 1. The van der Waals surface area contributed by atoms with Gasteiger partial charge in [0, 0.05) is 24.7 Å². The van der Waals surface area contributed by atoms with Gasteiger partial charge in [0.15, 0.2) is 0 Å². The molecule has 2 atom stereocenters. The van der Waals surface area contributed by atoms with Crippen molar-refractivity contribution in [1.82, 2.24) is 10.2 Å². The molecule has 0 aliphatic carbocycles. The fourth-order valence-corrected chi connectivity index (χ4v) is 3.13. The molecule has 0 radical (unpaired) electrons. The molecule has 0 bridgehead atoms. The van der Waals surface area contributed by atoms with Gasteiger partial charge in [0.05, 0.1) is 6.61 Å². The highest BCUT2D eigenvalue weighted by molar-refractivity contribution is 5.94. The van der Waals surface area contributed by atoms with Crippen LogP contribution < -0.4 is 5.32 Å². The normalized spacial score (nSPS) is 20.0. The highest BCUT2D eigenvalue weighted by Crippen LogP contribution is 2.18. The number of benzene rings is 1. The molecular weight excluding hydrogens is 345 g/mol. The van der Waals surface area contributed by atoms with Crippen LogP contribution in [0.5, 0.6) is 0 Å². The molecule has 1 aromatic rings. The topological polar surface area (TPSA) is 41.6 Å². The van der Waals surface area contributed by atoms with Gasteiger partial charge >= 0.3 is 6.18 Å². The second kappa shape index (κ2) is 9.37. The van der Waals surface area contributed by atoms with Crippen molar-refractivity contribution in [2.24, 2.45) is 5.92 Å². The molecule has 7 heteroatoms. The van der Waals surface area contributed by atoms with Crippen molar-refractivity contribution >= 4 is 5.91 Å². The zero-order valence-electron chi connectivity index (χ0n) is 15.3. The number of piperidine rings is 1. The smallest absolute Gasteiger partial charge is 0.367 e. The summed E-state index contributed by atoms with van der Waals surface area (Å²) >= 11 is 0. The highest BCUT2D eigenvalue weighted by Gasteiger charge is 2.27. The van der Waals surface area contributed by atoms with Crippen LogP contribution in [0.4, 0.5) is 13.2 Å². The molecule has 1 aromatic carbocycles. The molecule has 1 aliphatic rings. The molecule has 1 heterocycles. The second-order valence-corrected chi connectivity index (χ2v) is 7.11. The Balaban J connectivity index is 1.76. The number of likely N-dealkylation sites (tertiary alicyclic amines) is 1. The minimum Gasteiger partial charge on any atom is -0.367 e. The zero-order chi connectivity index (χ0) is 19.2. The summed E-state index contributed by atoms with van der Waals surface area (Å²) in [4.78, 5) is 14.6. The van der Waals surface area contributed by atoms with Gasteiger partial charge in [-0.25, -0.2) is 0 Å². The maximum atomic E-state index is 12.2. The van der Waals surface area contributed by atoms with Crippen LogP contribution >= 0.6 is 0 Å². The minimum absolute atomic E-state index is 0.133. The van der Waals surface area contributed by atoms with Gasteiger partial charge in [-0.15, -0.1) is 0 Å². The van der Waals surface area contributed by atoms with Crippen molar-refractivity contribution in [3.63, 3.8) is 0 Å². The van der Waals surface area contributed by atoms with Crippen molar-refractivity contribution in [2.75, 3.05) is 26.2 Å². The molecule has 26 heavy (non-hydrogen) atoms. The zero-order valence-corrected chi connectivity index (χ0v) is 15.3. The SMILES string of the molecule is CC1CCCN(C(C)CNC(=O)c2ccc(COCC(F)(F)F)cc2)C1. The summed E-state index contributed by atoms with van der Waals surface area (Å²) in [6.45, 7) is 5.64. The lowest BCUT2D eigenvalue weighted by molar-refractivity contribution is -0.176. The lowest BCUT2D eigenvalue weighted by atomic mass is 9.99. The quantitative estimate of drug-likeness (QED) is 0.795. The molecule has 0 aromatic heterocycles. The fraction of sp³-hybridized carbons (Fsp3) is 0.632. The number of alkyl halides is 3. The van der Waals surface area contributed by atoms with Gasteiger partial charge < -0.3 is 10.1 Å². The van der Waals surface area contributed by atoms with Gasteiger partial charge in [-0.1, -0.05) is 19.1 Å². The summed E-state index contributed by atoms with van der Waals surface area (Å²) in [5.41, 5.74) is 1.09. The van der Waals surface area contributed by atoms with Crippen molar-refractivity contribution < 1.29 is 22.7 Å². The molecule has 1 fully saturated rings. The van der Waals surface area contributed by atoms with Gasteiger partial charge in [0.2, 0.25) is 0 Å². The highest BCUT2D eigenvalue weighted by atomic mass is 19.4. The van der Waals surface area contributed by atoms with Crippen molar-refractivity contribution in [3.05, 3.63) is 35.4 Å². The van der Waals surface area contributed by atoms with Crippen molar-refractivity contribution in [3.8, 4) is 0 Å². The molecule has 4 nitrogen and oxygen atoms in total. The Morgan fingerprint density at radius 2 is 2.04 bits per heavy atom. The first-order chi connectivity index (χ1) is 12.2. The van der Waals surface area contributed by atoms with E-state index in [1.807, 2.05) is 0 Å². The van der Waals surface area contributed by atoms with E-state index in [4.69, 9.17) is 0 Å². The standard InChI is InChI=1S/C19H27F3N2O2/c1-14-4-3-9-24(11-14)15(2)10-23-18(25)17-7-5-16(6-8-17)12-26-13-19(20,21)22/h5-8,14-15H,3-4,9-13H2,1-2H3,(H,23,25). The van der Waals surface area contributed by atoms with E-state index in [2.05, 4.69) is 28.8 Å². The molecule has 1 aliphatic heterocycles. The lowest BCUT2D eigenvalue weighted by Gasteiger charge is -2.35. The van der Waals surface area contributed by atoms with Crippen molar-refractivity contribution in [1.29, 1.82) is 0 Å². The summed E-state index contributed by atoms with van der Waals surface area (Å²) in [6.07, 6.45) is -1.88. The predicted octanol–water partition coefficient (Wildman–Crippen LogP) is 3.62. The molecule has 0 saturated carbocycles. The van der Waals surface area contributed by atoms with Crippen LogP contribution in [0.15, 0.2) is 24.3 Å². The molecular formula is C19H27F3N2O2. The number of halogens is 3. The summed E-state index contributed by atoms with van der Waals surface area (Å²) in [6, 6.07) is 6.71. The van der Waals surface area contributed by atoms with Crippen molar-refractivity contribution in [2.45, 2.75) is 45.5 Å². The van der Waals surface area contributed by atoms with Crippen LogP contribution in [0.2, 0.25) is 0 Å². The molecule has 2 rings (SSSR count). The number of carbonyl (C=O) groups excluding carboxylic acids is 1. The Kier molecular flexibility index (Phi) is 7.46. The Hall–Kier alpha value is -1.60. The Bertz CT molecular complexity index is 575. The molecule has 2 unspecified atom stereocenters. The number of rotatable bonds is 7. The number of nitrogens with one attached hydrogen (secondary N) is 1. The summed E-state index contributed by atoms with van der Waals surface area (Å²) < 4.78 is 40.8. The number of amides is 1. The number of nitrogens with zero attached hydrogens (tertiary/aromatic N) is 1. The number of hydrogen-bond donors (Lipinski definition) is 1. The molecule has 1 amide bonds. The monoisotopic (exact) mass is 372 g/mol. The Labute approximate surface area is 152 Å². The number of carbonyl (C=O) groups is 1. The van der Waals surface area contributed by atoms with E-state index < -0.39 is 12.8 Å². The second-order valence-electron chi connectivity index (χ2n) is 7.11. The largest absolute Gasteiger partial charge is 0.411 e. The van der Waals surface area contributed by atoms with Crippen LogP contribution in [0, 0.1) is 5.92 Å². The average Bonchev–Trinajstić information content (AvgIpc) is 2.59. The third-order valence-electron chi connectivity index (χ3n) is 4.62. The van der Waals surface area contributed by atoms with E-state index >= 15 is 0 Å². The van der Waals surface area contributed by atoms with Gasteiger partial charge in [-0.05, 0) is 49.9 Å². The number of hydrogen-bond acceptors (Lipinski definition) is 3. The van der Waals surface area contributed by atoms with E-state index in [0.717, 1.165) is 13.1 Å². The van der Waals surface area contributed by atoms with Crippen LogP contribution in [0.25, 0.3) is 0 Å². The van der Waals surface area contributed by atoms with E-state index in [9.17, 15) is 18.0 Å². The maximum Gasteiger partial charge on any atom is 0.411 e. The maximum absolute atomic E-state index is 12.2. The predicted molar refractivity (Wildman–Crippen MR) is 93.9 cm³/mol. The first-order valence-corrected chi connectivity index (χ1v) is 9.00. The van der Waals surface area contributed by atoms with Crippen LogP contribution in [0.1, 0.15) is 42.6 Å². The summed E-state index contributed by atoms with van der Waals surface area (Å²) in [5.74, 6) is 0.513. The summed E-state index contributed by atoms with van der Waals surface area (Å²) in [7, 11) is 0. The van der Waals surface area contributed by atoms with Crippen LogP contribution in [-0.2, 0) is 11.3 Å². The van der Waals surface area contributed by atoms with E-state index in [1.165, 1.54) is 12.8 Å². The molecule has 0 spiro atoms. The van der Waals surface area contributed by atoms with Gasteiger partial charge in [0.1, 0.15) is 6.61 Å². The third-order valence-corrected chi connectivity index (χ3v) is 4.62. The first kappa shape index (κ1) is 20.7. The fourth-order valence-electron chi connectivity index (χ4n) is 3.13. The molecule has 1 saturated heterocycles. The third kappa shape index (κ3) is 6.96. The average molecular weight is 372 g/mol. The van der Waals surface area contributed by atoms with Gasteiger partial charge in [-0.3, -0.25) is 9.69 Å². The van der Waals surface area contributed by atoms with Gasteiger partial charge in [0.25, 0.3) is 5.91 Å². The van der Waals surface area contributed by atoms with E-state index in [0.29, 0.717) is 23.6 Å². The lowest BCUT2D eigenvalue weighted by Crippen LogP contribution is -2.46. The van der Waals surface area contributed by atoms with Gasteiger partial charge in [-0.2, -0.15) is 13.2 Å².